The molecule has 0 bridgehead atoms. The van der Waals surface area contributed by atoms with Crippen molar-refractivity contribution >= 4 is 11.9 Å². The smallest absolute Gasteiger partial charge is 0.243 e. The Labute approximate surface area is 162 Å². The van der Waals surface area contributed by atoms with Crippen LogP contribution in [0, 0.1) is 0 Å². The average molecular weight is 377 g/mol. The van der Waals surface area contributed by atoms with Gasteiger partial charge < -0.3 is 25.0 Å². The Morgan fingerprint density at radius 1 is 1.37 bits per heavy atom. The minimum Gasteiger partial charge on any atom is -0.379 e. The first-order chi connectivity index (χ1) is 13.0. The van der Waals surface area contributed by atoms with Crippen molar-refractivity contribution in [2.45, 2.75) is 31.9 Å². The third-order valence-corrected chi connectivity index (χ3v) is 4.27. The summed E-state index contributed by atoms with van der Waals surface area (Å²) in [5.41, 5.74) is 1.26. The fraction of sp³-hybridized carbons (Fsp3) is 0.600. The number of guanidine groups is 1. The molecule has 0 radical (unpaired) electrons. The Morgan fingerprint density at radius 2 is 2.15 bits per heavy atom. The Hall–Kier alpha value is -2.12. The highest BCUT2D eigenvalue weighted by molar-refractivity contribution is 5.84. The Bertz CT molecular complexity index is 586. The van der Waals surface area contributed by atoms with Crippen LogP contribution >= 0.6 is 0 Å². The van der Waals surface area contributed by atoms with E-state index in [2.05, 4.69) is 27.8 Å². The number of hydrogen-bond donors (Lipinski definition) is 2. The van der Waals surface area contributed by atoms with Gasteiger partial charge in [0.05, 0.1) is 19.3 Å². The molecule has 150 valence electrons. The molecular formula is C20H32N4O3. The van der Waals surface area contributed by atoms with Gasteiger partial charge in [-0.25, -0.2) is 4.99 Å². The molecule has 0 aromatic heterocycles. The molecule has 0 spiro atoms. The van der Waals surface area contributed by atoms with E-state index in [-0.39, 0.29) is 24.6 Å². The monoisotopic (exact) mass is 376 g/mol. The van der Waals surface area contributed by atoms with Gasteiger partial charge in [0, 0.05) is 33.3 Å². The van der Waals surface area contributed by atoms with Crippen molar-refractivity contribution in [3.63, 3.8) is 0 Å². The first-order valence-corrected chi connectivity index (χ1v) is 9.53. The lowest BCUT2D eigenvalue weighted by molar-refractivity contribution is -0.127. The van der Waals surface area contributed by atoms with Crippen LogP contribution in [0.3, 0.4) is 0 Å². The van der Waals surface area contributed by atoms with E-state index >= 15 is 0 Å². The van der Waals surface area contributed by atoms with E-state index in [0.717, 1.165) is 26.0 Å². The zero-order valence-electron chi connectivity index (χ0n) is 16.6. The summed E-state index contributed by atoms with van der Waals surface area (Å²) < 4.78 is 11.2. The van der Waals surface area contributed by atoms with E-state index in [1.54, 1.807) is 14.1 Å². The maximum absolute atomic E-state index is 11.9. The maximum atomic E-state index is 11.9. The van der Waals surface area contributed by atoms with Crippen molar-refractivity contribution in [2.75, 3.05) is 47.0 Å². The minimum absolute atomic E-state index is 0.0360. The molecule has 1 aliphatic rings. The number of benzene rings is 1. The molecule has 7 nitrogen and oxygen atoms in total. The summed E-state index contributed by atoms with van der Waals surface area (Å²) in [6.45, 7) is 4.88. The second-order valence-electron chi connectivity index (χ2n) is 6.98. The van der Waals surface area contributed by atoms with E-state index in [1.807, 2.05) is 25.1 Å². The second-order valence-corrected chi connectivity index (χ2v) is 6.98. The molecule has 2 atom stereocenters. The van der Waals surface area contributed by atoms with Crippen LogP contribution in [0.15, 0.2) is 35.3 Å². The predicted molar refractivity (Wildman–Crippen MR) is 107 cm³/mol. The number of hydrogen-bond acceptors (Lipinski definition) is 4. The summed E-state index contributed by atoms with van der Waals surface area (Å²) in [6, 6.07) is 10.3. The zero-order valence-corrected chi connectivity index (χ0v) is 16.6. The van der Waals surface area contributed by atoms with Crippen molar-refractivity contribution in [3.8, 4) is 0 Å². The molecule has 1 amide bonds. The summed E-state index contributed by atoms with van der Waals surface area (Å²) in [5.74, 6) is 0.589. The molecule has 1 saturated heterocycles. The molecule has 0 saturated carbocycles. The molecule has 2 rings (SSSR count). The highest BCUT2D eigenvalue weighted by Gasteiger charge is 2.17. The fourth-order valence-electron chi connectivity index (χ4n) is 2.61. The molecule has 0 aliphatic carbocycles. The first-order valence-electron chi connectivity index (χ1n) is 9.53. The van der Waals surface area contributed by atoms with Gasteiger partial charge in [0.15, 0.2) is 5.96 Å². The fourth-order valence-corrected chi connectivity index (χ4v) is 2.61. The normalized spacial score (nSPS) is 18.2. The predicted octanol–water partition coefficient (Wildman–Crippen LogP) is 1.05. The lowest BCUT2D eigenvalue weighted by atomic mass is 10.1. The Morgan fingerprint density at radius 3 is 2.81 bits per heavy atom. The molecule has 7 heteroatoms. The van der Waals surface area contributed by atoms with Crippen LogP contribution in [0.25, 0.3) is 0 Å². The van der Waals surface area contributed by atoms with Crippen LogP contribution in [0.1, 0.15) is 18.9 Å². The first kappa shape index (κ1) is 21.2. The Balaban J connectivity index is 1.83. The minimum atomic E-state index is -0.0360. The standard InChI is InChI=1S/C20H32N4O3/c1-16(14-27-18-10-12-26-15-18)23-20(22-13-19(25)24(2)3)21-11-9-17-7-5-4-6-8-17/h4-8,16,18H,9-15H2,1-3H3,(H2,21,22,23). The van der Waals surface area contributed by atoms with Crippen molar-refractivity contribution in [2.24, 2.45) is 4.99 Å². The molecule has 2 N–H and O–H groups in total. The zero-order chi connectivity index (χ0) is 19.5. The van der Waals surface area contributed by atoms with Crippen molar-refractivity contribution in [1.29, 1.82) is 0 Å². The van der Waals surface area contributed by atoms with E-state index < -0.39 is 0 Å². The van der Waals surface area contributed by atoms with E-state index in [4.69, 9.17) is 9.47 Å². The van der Waals surface area contributed by atoms with Gasteiger partial charge in [-0.1, -0.05) is 30.3 Å². The van der Waals surface area contributed by atoms with Crippen LogP contribution in [-0.4, -0.2) is 75.9 Å². The number of nitrogens with one attached hydrogen (secondary N) is 2. The van der Waals surface area contributed by atoms with Crippen LogP contribution in [0.2, 0.25) is 0 Å². The number of ether oxygens (including phenoxy) is 2. The molecule has 1 aromatic carbocycles. The van der Waals surface area contributed by atoms with E-state index in [9.17, 15) is 4.79 Å². The highest BCUT2D eigenvalue weighted by atomic mass is 16.5. The third-order valence-electron chi connectivity index (χ3n) is 4.27. The number of carbonyl (C=O) groups is 1. The molecule has 1 aromatic rings. The molecule has 1 aliphatic heterocycles. The van der Waals surface area contributed by atoms with Gasteiger partial charge in [0.25, 0.3) is 0 Å². The van der Waals surface area contributed by atoms with E-state index in [0.29, 0.717) is 19.2 Å². The van der Waals surface area contributed by atoms with Crippen LogP contribution in [-0.2, 0) is 20.7 Å². The lowest BCUT2D eigenvalue weighted by Crippen LogP contribution is -2.45. The number of aliphatic imine (C=N–C) groups is 1. The Kier molecular flexibility index (Phi) is 9.07. The highest BCUT2D eigenvalue weighted by Crippen LogP contribution is 2.08. The van der Waals surface area contributed by atoms with Crippen LogP contribution in [0.4, 0.5) is 0 Å². The average Bonchev–Trinajstić information content (AvgIpc) is 3.18. The molecule has 27 heavy (non-hydrogen) atoms. The van der Waals surface area contributed by atoms with Crippen LogP contribution in [0.5, 0.6) is 0 Å². The van der Waals surface area contributed by atoms with Gasteiger partial charge in [0.2, 0.25) is 5.91 Å². The van der Waals surface area contributed by atoms with Crippen LogP contribution < -0.4 is 10.6 Å². The maximum Gasteiger partial charge on any atom is 0.243 e. The SMILES string of the molecule is CC(COC1CCOC1)NC(=NCC(=O)N(C)C)NCCc1ccccc1. The lowest BCUT2D eigenvalue weighted by Gasteiger charge is -2.20. The van der Waals surface area contributed by atoms with Gasteiger partial charge in [-0.3, -0.25) is 4.79 Å². The van der Waals surface area contributed by atoms with Gasteiger partial charge in [-0.05, 0) is 25.3 Å². The summed E-state index contributed by atoms with van der Waals surface area (Å²) in [5, 5.41) is 6.63. The number of rotatable bonds is 9. The third kappa shape index (κ3) is 8.41. The summed E-state index contributed by atoms with van der Waals surface area (Å²) in [4.78, 5) is 17.8. The molecule has 1 fully saturated rings. The van der Waals surface area contributed by atoms with Crippen molar-refractivity contribution in [3.05, 3.63) is 35.9 Å². The van der Waals surface area contributed by atoms with Gasteiger partial charge in [-0.2, -0.15) is 0 Å². The summed E-state index contributed by atoms with van der Waals surface area (Å²) in [6.07, 6.45) is 2.00. The second kappa shape index (κ2) is 11.6. The number of likely N-dealkylation sites (N-methyl/N-ethyl adjacent to an activating group) is 1. The summed E-state index contributed by atoms with van der Waals surface area (Å²) >= 11 is 0. The van der Waals surface area contributed by atoms with Crippen molar-refractivity contribution in [1.82, 2.24) is 15.5 Å². The van der Waals surface area contributed by atoms with E-state index in [1.165, 1.54) is 10.5 Å². The molecule has 1 heterocycles. The van der Waals surface area contributed by atoms with Gasteiger partial charge in [-0.15, -0.1) is 0 Å². The van der Waals surface area contributed by atoms with Gasteiger partial charge >= 0.3 is 0 Å². The largest absolute Gasteiger partial charge is 0.379 e. The number of carbonyl (C=O) groups excluding carboxylic acids is 1. The number of nitrogens with zero attached hydrogens (tertiary/aromatic N) is 2. The molecular weight excluding hydrogens is 344 g/mol. The topological polar surface area (TPSA) is 75.2 Å². The number of amides is 1. The quantitative estimate of drug-likeness (QED) is 0.498. The van der Waals surface area contributed by atoms with Gasteiger partial charge in [0.1, 0.15) is 6.54 Å². The van der Waals surface area contributed by atoms with Crippen molar-refractivity contribution < 1.29 is 14.3 Å². The summed E-state index contributed by atoms with van der Waals surface area (Å²) in [7, 11) is 3.46. The molecule has 2 unspecified atom stereocenters.